The lowest BCUT2D eigenvalue weighted by atomic mass is 10.4. The summed E-state index contributed by atoms with van der Waals surface area (Å²) < 4.78 is 0. The van der Waals surface area contributed by atoms with Gasteiger partial charge in [-0.05, 0) is 0 Å². The van der Waals surface area contributed by atoms with Crippen molar-refractivity contribution in [3.63, 3.8) is 0 Å². The van der Waals surface area contributed by atoms with E-state index in [0.717, 1.165) is 5.69 Å². The van der Waals surface area contributed by atoms with Crippen molar-refractivity contribution < 1.29 is 4.79 Å². The molecule has 5 heteroatoms. The molecule has 12 heavy (non-hydrogen) atoms. The first-order valence-corrected chi connectivity index (χ1v) is 5.00. The molecule has 1 amide bonds. The molecule has 0 saturated heterocycles. The van der Waals surface area contributed by atoms with Crippen LogP contribution in [0.5, 0.6) is 0 Å². The highest BCUT2D eigenvalue weighted by Crippen LogP contribution is 1.99. The lowest BCUT2D eigenvalue weighted by Crippen LogP contribution is -2.22. The first-order valence-electron chi connectivity index (χ1n) is 3.52. The third-order valence-electron chi connectivity index (χ3n) is 1.27. The fourth-order valence-electron chi connectivity index (χ4n) is 0.688. The van der Waals surface area contributed by atoms with Gasteiger partial charge in [0.2, 0.25) is 5.91 Å². The number of halogens is 1. The minimum atomic E-state index is -0.0296. The van der Waals surface area contributed by atoms with Gasteiger partial charge in [0.15, 0.2) is 0 Å². The number of rotatable bonds is 4. The summed E-state index contributed by atoms with van der Waals surface area (Å²) in [6.45, 7) is 0.499. The Bertz CT molecular complexity index is 238. The molecular weight excluding hydrogens is 196 g/mol. The third kappa shape index (κ3) is 3.19. The predicted molar refractivity (Wildman–Crippen MR) is 49.3 cm³/mol. The molecule has 1 rings (SSSR count). The number of thiazole rings is 1. The zero-order chi connectivity index (χ0) is 8.81. The van der Waals surface area contributed by atoms with Crippen molar-refractivity contribution in [3.05, 3.63) is 16.6 Å². The number of amides is 1. The summed E-state index contributed by atoms with van der Waals surface area (Å²) in [5.41, 5.74) is 2.63. The van der Waals surface area contributed by atoms with Crippen molar-refractivity contribution in [1.29, 1.82) is 0 Å². The summed E-state index contributed by atoms with van der Waals surface area (Å²) in [5, 5.41) is 4.61. The van der Waals surface area contributed by atoms with Crippen molar-refractivity contribution in [2.75, 3.05) is 5.88 Å². The zero-order valence-electron chi connectivity index (χ0n) is 6.42. The first kappa shape index (κ1) is 9.48. The predicted octanol–water partition coefficient (Wildman–Crippen LogP) is 1.39. The van der Waals surface area contributed by atoms with E-state index in [0.29, 0.717) is 18.8 Å². The fourth-order valence-corrected chi connectivity index (χ4v) is 1.42. The van der Waals surface area contributed by atoms with Crippen molar-refractivity contribution in [3.8, 4) is 0 Å². The van der Waals surface area contributed by atoms with E-state index >= 15 is 0 Å². The molecule has 0 aliphatic carbocycles. The van der Waals surface area contributed by atoms with Gasteiger partial charge in [-0.25, -0.2) is 4.98 Å². The molecular formula is C7H9ClN2OS. The number of hydrogen-bond donors (Lipinski definition) is 1. The Morgan fingerprint density at radius 3 is 3.17 bits per heavy atom. The largest absolute Gasteiger partial charge is 0.350 e. The average molecular weight is 205 g/mol. The molecule has 1 aromatic heterocycles. The van der Waals surface area contributed by atoms with Gasteiger partial charge in [0.25, 0.3) is 0 Å². The summed E-state index contributed by atoms with van der Waals surface area (Å²) in [6.07, 6.45) is 0.367. The van der Waals surface area contributed by atoms with Crippen LogP contribution in [0, 0.1) is 0 Å². The van der Waals surface area contributed by atoms with Gasteiger partial charge in [-0.2, -0.15) is 0 Å². The Balaban J connectivity index is 2.22. The Morgan fingerprint density at radius 2 is 2.58 bits per heavy atom. The van der Waals surface area contributed by atoms with Crippen LogP contribution in [0.1, 0.15) is 12.1 Å². The quantitative estimate of drug-likeness (QED) is 0.754. The molecule has 1 aromatic rings. The van der Waals surface area contributed by atoms with Crippen LogP contribution in [-0.4, -0.2) is 16.8 Å². The van der Waals surface area contributed by atoms with Crippen LogP contribution >= 0.6 is 22.9 Å². The molecule has 0 fully saturated rings. The van der Waals surface area contributed by atoms with Gasteiger partial charge in [0.1, 0.15) is 0 Å². The molecule has 0 unspecified atom stereocenters. The maximum atomic E-state index is 10.9. The smallest absolute Gasteiger partial charge is 0.221 e. The zero-order valence-corrected chi connectivity index (χ0v) is 7.99. The summed E-state index contributed by atoms with van der Waals surface area (Å²) >= 11 is 6.90. The van der Waals surface area contributed by atoms with Gasteiger partial charge >= 0.3 is 0 Å². The number of nitrogens with one attached hydrogen (secondary N) is 1. The summed E-state index contributed by atoms with van der Waals surface area (Å²) in [6, 6.07) is 0. The minimum Gasteiger partial charge on any atom is -0.350 e. The van der Waals surface area contributed by atoms with E-state index in [2.05, 4.69) is 10.3 Å². The van der Waals surface area contributed by atoms with Gasteiger partial charge in [-0.15, -0.1) is 22.9 Å². The van der Waals surface area contributed by atoms with E-state index in [4.69, 9.17) is 11.6 Å². The first-order chi connectivity index (χ1) is 5.83. The third-order valence-corrected chi connectivity index (χ3v) is 2.10. The van der Waals surface area contributed by atoms with Crippen molar-refractivity contribution in [2.24, 2.45) is 0 Å². The average Bonchev–Trinajstić information content (AvgIpc) is 2.53. The minimum absolute atomic E-state index is 0.0296. The number of aromatic nitrogens is 1. The maximum absolute atomic E-state index is 10.9. The molecule has 0 aliphatic heterocycles. The van der Waals surface area contributed by atoms with E-state index in [1.165, 1.54) is 11.3 Å². The van der Waals surface area contributed by atoms with Crippen LogP contribution in [0.15, 0.2) is 10.9 Å². The van der Waals surface area contributed by atoms with Crippen LogP contribution in [0.2, 0.25) is 0 Å². The number of carbonyl (C=O) groups excluding carboxylic acids is 1. The molecule has 1 heterocycles. The molecule has 3 nitrogen and oxygen atoms in total. The van der Waals surface area contributed by atoms with Crippen LogP contribution in [0.3, 0.4) is 0 Å². The Hall–Kier alpha value is -0.610. The maximum Gasteiger partial charge on any atom is 0.221 e. The fraction of sp³-hybridized carbons (Fsp3) is 0.429. The number of carbonyl (C=O) groups is 1. The number of alkyl halides is 1. The lowest BCUT2D eigenvalue weighted by molar-refractivity contribution is -0.120. The standard InChI is InChI=1S/C7H9ClN2OS/c8-2-1-7(11)9-3-6-4-12-5-10-6/h4-5H,1-3H2,(H,9,11). The van der Waals surface area contributed by atoms with E-state index < -0.39 is 0 Å². The van der Waals surface area contributed by atoms with Crippen molar-refractivity contribution in [1.82, 2.24) is 10.3 Å². The summed E-state index contributed by atoms with van der Waals surface area (Å²) in [5.74, 6) is 0.334. The molecule has 0 bridgehead atoms. The van der Waals surface area contributed by atoms with Gasteiger partial charge < -0.3 is 5.32 Å². The van der Waals surface area contributed by atoms with Crippen LogP contribution in [0.25, 0.3) is 0 Å². The van der Waals surface area contributed by atoms with E-state index in [9.17, 15) is 4.79 Å². The molecule has 0 spiro atoms. The van der Waals surface area contributed by atoms with Gasteiger partial charge in [0, 0.05) is 17.7 Å². The molecule has 0 radical (unpaired) electrons. The highest BCUT2D eigenvalue weighted by atomic mass is 35.5. The van der Waals surface area contributed by atoms with E-state index in [1.807, 2.05) is 5.38 Å². The number of nitrogens with zero attached hydrogens (tertiary/aromatic N) is 1. The summed E-state index contributed by atoms with van der Waals surface area (Å²) in [4.78, 5) is 14.9. The molecule has 0 aliphatic rings. The second-order valence-corrected chi connectivity index (χ2v) is 3.29. The molecule has 0 atom stereocenters. The van der Waals surface area contributed by atoms with Crippen molar-refractivity contribution >= 4 is 28.8 Å². The lowest BCUT2D eigenvalue weighted by Gasteiger charge is -1.99. The Kier molecular flexibility index (Phi) is 4.04. The monoisotopic (exact) mass is 204 g/mol. The van der Waals surface area contributed by atoms with Crippen molar-refractivity contribution in [2.45, 2.75) is 13.0 Å². The van der Waals surface area contributed by atoms with Crippen LogP contribution in [-0.2, 0) is 11.3 Å². The number of hydrogen-bond acceptors (Lipinski definition) is 3. The van der Waals surface area contributed by atoms with E-state index in [-0.39, 0.29) is 5.91 Å². The molecule has 66 valence electrons. The second kappa shape index (κ2) is 5.11. The second-order valence-electron chi connectivity index (χ2n) is 2.20. The molecule has 0 aromatic carbocycles. The normalized spacial score (nSPS) is 9.75. The van der Waals surface area contributed by atoms with Gasteiger partial charge in [0.05, 0.1) is 17.7 Å². The van der Waals surface area contributed by atoms with Gasteiger partial charge in [-0.3, -0.25) is 4.79 Å². The topological polar surface area (TPSA) is 42.0 Å². The Labute approximate surface area is 79.8 Å². The summed E-state index contributed by atoms with van der Waals surface area (Å²) in [7, 11) is 0. The van der Waals surface area contributed by atoms with Crippen LogP contribution < -0.4 is 5.32 Å². The van der Waals surface area contributed by atoms with Gasteiger partial charge in [-0.1, -0.05) is 0 Å². The highest BCUT2D eigenvalue weighted by molar-refractivity contribution is 7.07. The van der Waals surface area contributed by atoms with E-state index in [1.54, 1.807) is 5.51 Å². The highest BCUT2D eigenvalue weighted by Gasteiger charge is 1.99. The van der Waals surface area contributed by atoms with Crippen LogP contribution in [0.4, 0.5) is 0 Å². The Morgan fingerprint density at radius 1 is 1.75 bits per heavy atom. The molecule has 1 N–H and O–H groups in total. The SMILES string of the molecule is O=C(CCCl)NCc1cscn1. The molecule has 0 saturated carbocycles.